The van der Waals surface area contributed by atoms with Crippen LogP contribution in [0.2, 0.25) is 0 Å². The number of carbonyl (C=O) groups excluding carboxylic acids is 1. The molecule has 2 N–H and O–H groups in total. The standard InChI is InChI=1S/C11H9BrFNO3/c1-3-4-17-7-5-6(11(15)16-2)10(14)9(13)8(7)12/h1,5H,4,14H2,2H3. The van der Waals surface area contributed by atoms with E-state index in [-0.39, 0.29) is 28.1 Å². The van der Waals surface area contributed by atoms with Crippen molar-refractivity contribution in [3.8, 4) is 18.1 Å². The highest BCUT2D eigenvalue weighted by Crippen LogP contribution is 2.34. The molecular weight excluding hydrogens is 293 g/mol. The number of ether oxygens (including phenoxy) is 2. The van der Waals surface area contributed by atoms with Crippen LogP contribution in [0.5, 0.6) is 5.75 Å². The van der Waals surface area contributed by atoms with Gasteiger partial charge in [-0.15, -0.1) is 6.42 Å². The van der Waals surface area contributed by atoms with Crippen LogP contribution in [-0.2, 0) is 4.74 Å². The predicted octanol–water partition coefficient (Wildman–Crippen LogP) is 1.97. The first-order valence-electron chi connectivity index (χ1n) is 4.45. The molecule has 0 radical (unpaired) electrons. The van der Waals surface area contributed by atoms with Gasteiger partial charge >= 0.3 is 5.97 Å². The number of nitrogen functional groups attached to an aromatic ring is 1. The Morgan fingerprint density at radius 2 is 2.35 bits per heavy atom. The zero-order chi connectivity index (χ0) is 13.0. The molecule has 0 amide bonds. The van der Waals surface area contributed by atoms with Crippen molar-refractivity contribution >= 4 is 27.6 Å². The molecule has 0 spiro atoms. The van der Waals surface area contributed by atoms with Crippen molar-refractivity contribution in [2.45, 2.75) is 0 Å². The molecule has 0 heterocycles. The zero-order valence-corrected chi connectivity index (χ0v) is 10.5. The Labute approximate surface area is 106 Å². The van der Waals surface area contributed by atoms with Gasteiger partial charge in [0.15, 0.2) is 5.82 Å². The summed E-state index contributed by atoms with van der Waals surface area (Å²) in [7, 11) is 1.17. The second-order valence-corrected chi connectivity index (χ2v) is 3.74. The van der Waals surface area contributed by atoms with Gasteiger partial charge in [0, 0.05) is 0 Å². The SMILES string of the molecule is C#CCOc1cc(C(=O)OC)c(N)c(F)c1Br. The van der Waals surface area contributed by atoms with Crippen LogP contribution in [0.3, 0.4) is 0 Å². The molecule has 1 rings (SSSR count). The predicted molar refractivity (Wildman–Crippen MR) is 64.2 cm³/mol. The van der Waals surface area contributed by atoms with Crippen molar-refractivity contribution in [1.29, 1.82) is 0 Å². The maximum atomic E-state index is 13.7. The van der Waals surface area contributed by atoms with E-state index in [0.29, 0.717) is 0 Å². The number of hydrogen-bond donors (Lipinski definition) is 1. The molecule has 0 saturated heterocycles. The number of methoxy groups -OCH3 is 1. The molecular formula is C11H9BrFNO3. The number of nitrogens with two attached hydrogens (primary N) is 1. The average molecular weight is 302 g/mol. The quantitative estimate of drug-likeness (QED) is 0.527. The van der Waals surface area contributed by atoms with Gasteiger partial charge in [0.05, 0.1) is 22.8 Å². The summed E-state index contributed by atoms with van der Waals surface area (Å²) in [5.74, 6) is 0.778. The Balaban J connectivity index is 3.29. The van der Waals surface area contributed by atoms with Crippen LogP contribution in [0, 0.1) is 18.2 Å². The van der Waals surface area contributed by atoms with E-state index in [0.717, 1.165) is 0 Å². The lowest BCUT2D eigenvalue weighted by Gasteiger charge is -2.11. The van der Waals surface area contributed by atoms with Crippen molar-refractivity contribution in [3.63, 3.8) is 0 Å². The van der Waals surface area contributed by atoms with Crippen LogP contribution in [0.15, 0.2) is 10.5 Å². The van der Waals surface area contributed by atoms with Crippen LogP contribution >= 0.6 is 15.9 Å². The topological polar surface area (TPSA) is 61.5 Å². The van der Waals surface area contributed by atoms with Crippen molar-refractivity contribution in [2.75, 3.05) is 19.5 Å². The van der Waals surface area contributed by atoms with Crippen LogP contribution in [0.4, 0.5) is 10.1 Å². The molecule has 0 bridgehead atoms. The van der Waals surface area contributed by atoms with Crippen molar-refractivity contribution in [2.24, 2.45) is 0 Å². The Morgan fingerprint density at radius 1 is 1.71 bits per heavy atom. The Morgan fingerprint density at radius 3 is 2.88 bits per heavy atom. The molecule has 1 aromatic carbocycles. The fourth-order valence-electron chi connectivity index (χ4n) is 1.12. The third kappa shape index (κ3) is 2.68. The number of terminal acetylenes is 1. The summed E-state index contributed by atoms with van der Waals surface area (Å²) in [6.07, 6.45) is 5.02. The largest absolute Gasteiger partial charge is 0.480 e. The first kappa shape index (κ1) is 13.3. The van der Waals surface area contributed by atoms with Crippen molar-refractivity contribution in [3.05, 3.63) is 21.9 Å². The second-order valence-electron chi connectivity index (χ2n) is 2.95. The third-order valence-corrected chi connectivity index (χ3v) is 2.67. The molecule has 0 aliphatic rings. The summed E-state index contributed by atoms with van der Waals surface area (Å²) in [4.78, 5) is 11.3. The van der Waals surface area contributed by atoms with Gasteiger partial charge < -0.3 is 15.2 Å². The number of benzene rings is 1. The van der Waals surface area contributed by atoms with E-state index < -0.39 is 11.8 Å². The minimum absolute atomic E-state index is 0.0119. The molecule has 6 heteroatoms. The molecule has 0 aliphatic carbocycles. The second kappa shape index (κ2) is 5.55. The van der Waals surface area contributed by atoms with E-state index >= 15 is 0 Å². The number of anilines is 1. The maximum Gasteiger partial charge on any atom is 0.340 e. The summed E-state index contributed by atoms with van der Waals surface area (Å²) in [6.45, 7) is -0.0530. The monoisotopic (exact) mass is 301 g/mol. The molecule has 4 nitrogen and oxygen atoms in total. The van der Waals surface area contributed by atoms with Gasteiger partial charge in [0.25, 0.3) is 0 Å². The molecule has 0 aliphatic heterocycles. The Kier molecular flexibility index (Phi) is 4.35. The van der Waals surface area contributed by atoms with Gasteiger partial charge in [-0.25, -0.2) is 9.18 Å². The summed E-state index contributed by atoms with van der Waals surface area (Å²) in [5, 5.41) is 0. The smallest absolute Gasteiger partial charge is 0.340 e. The average Bonchev–Trinajstić information content (AvgIpc) is 2.34. The molecule has 90 valence electrons. The van der Waals surface area contributed by atoms with Gasteiger partial charge in [-0.05, 0) is 22.0 Å². The number of hydrogen-bond acceptors (Lipinski definition) is 4. The van der Waals surface area contributed by atoms with Crippen molar-refractivity contribution in [1.82, 2.24) is 0 Å². The summed E-state index contributed by atoms with van der Waals surface area (Å²) >= 11 is 2.97. The minimum atomic E-state index is -0.792. The van der Waals surface area contributed by atoms with E-state index in [4.69, 9.17) is 16.9 Å². The van der Waals surface area contributed by atoms with Crippen molar-refractivity contribution < 1.29 is 18.7 Å². The van der Waals surface area contributed by atoms with Crippen LogP contribution in [-0.4, -0.2) is 19.7 Å². The highest BCUT2D eigenvalue weighted by atomic mass is 79.9. The first-order chi connectivity index (χ1) is 8.02. The molecule has 17 heavy (non-hydrogen) atoms. The number of carbonyl (C=O) groups is 1. The molecule has 0 atom stereocenters. The fraction of sp³-hybridized carbons (Fsp3) is 0.182. The van der Waals surface area contributed by atoms with Crippen LogP contribution < -0.4 is 10.5 Å². The van der Waals surface area contributed by atoms with E-state index in [1.54, 1.807) is 0 Å². The third-order valence-electron chi connectivity index (χ3n) is 1.93. The van der Waals surface area contributed by atoms with Gasteiger partial charge in [-0.3, -0.25) is 0 Å². The van der Waals surface area contributed by atoms with E-state index in [2.05, 4.69) is 26.6 Å². The Bertz CT molecular complexity index is 496. The molecule has 0 fully saturated rings. The normalized spacial score (nSPS) is 9.53. The first-order valence-corrected chi connectivity index (χ1v) is 5.24. The lowest BCUT2D eigenvalue weighted by molar-refractivity contribution is 0.0601. The molecule has 0 unspecified atom stereocenters. The fourth-order valence-corrected chi connectivity index (χ4v) is 1.56. The highest BCUT2D eigenvalue weighted by Gasteiger charge is 2.20. The number of rotatable bonds is 3. The van der Waals surface area contributed by atoms with Gasteiger partial charge in [0.1, 0.15) is 12.4 Å². The van der Waals surface area contributed by atoms with Crippen LogP contribution in [0.1, 0.15) is 10.4 Å². The summed E-state index contributed by atoms with van der Waals surface area (Å²) < 4.78 is 23.2. The lowest BCUT2D eigenvalue weighted by Crippen LogP contribution is -2.09. The Hall–Kier alpha value is -1.74. The van der Waals surface area contributed by atoms with Crippen LogP contribution in [0.25, 0.3) is 0 Å². The lowest BCUT2D eigenvalue weighted by atomic mass is 10.1. The van der Waals surface area contributed by atoms with Gasteiger partial charge in [-0.1, -0.05) is 5.92 Å². The highest BCUT2D eigenvalue weighted by molar-refractivity contribution is 9.10. The molecule has 1 aromatic rings. The van der Waals surface area contributed by atoms with Gasteiger partial charge in [0.2, 0.25) is 0 Å². The van der Waals surface area contributed by atoms with Gasteiger partial charge in [-0.2, -0.15) is 0 Å². The van der Waals surface area contributed by atoms with E-state index in [9.17, 15) is 9.18 Å². The van der Waals surface area contributed by atoms with E-state index in [1.165, 1.54) is 13.2 Å². The molecule has 0 aromatic heterocycles. The summed E-state index contributed by atoms with van der Waals surface area (Å²) in [5.41, 5.74) is 5.04. The maximum absolute atomic E-state index is 13.7. The summed E-state index contributed by atoms with van der Waals surface area (Å²) in [6, 6.07) is 1.27. The number of esters is 1. The minimum Gasteiger partial charge on any atom is -0.480 e. The number of halogens is 2. The zero-order valence-electron chi connectivity index (χ0n) is 8.92. The molecule has 0 saturated carbocycles. The van der Waals surface area contributed by atoms with E-state index in [1.807, 2.05) is 0 Å².